The zero-order chi connectivity index (χ0) is 45.8. The zero-order valence-electron chi connectivity index (χ0n) is 38.2. The minimum atomic E-state index is -0.176. The van der Waals surface area contributed by atoms with Crippen molar-refractivity contribution in [3.63, 3.8) is 0 Å². The number of hydrogen-bond donors (Lipinski definition) is 0. The van der Waals surface area contributed by atoms with Crippen molar-refractivity contribution in [3.8, 4) is 45.3 Å². The average Bonchev–Trinajstić information content (AvgIpc) is 3.62. The number of anilines is 6. The van der Waals surface area contributed by atoms with E-state index in [1.54, 1.807) is 0 Å². The van der Waals surface area contributed by atoms with Gasteiger partial charge in [-0.05, 0) is 168 Å². The predicted molar refractivity (Wildman–Crippen MR) is 287 cm³/mol. The molecule has 0 aromatic heterocycles. The molecular weight excluding hydrogens is 841 g/mol. The predicted octanol–water partition coefficient (Wildman–Crippen LogP) is 18.4. The molecule has 4 heteroatoms. The van der Waals surface area contributed by atoms with Crippen molar-refractivity contribution in [2.45, 2.75) is 19.3 Å². The normalized spacial score (nSPS) is 13.9. The molecule has 0 saturated heterocycles. The second-order valence-corrected chi connectivity index (χ2v) is 19.0. The number of ether oxygens (including phenoxy) is 2. The quantitative estimate of drug-likeness (QED) is 0.127. The average molecular weight is 885 g/mol. The minimum Gasteiger partial charge on any atom is -0.453 e. The fraction of sp³-hybridized carbons (Fsp3) is 0.0462. The maximum atomic E-state index is 6.32. The van der Waals surface area contributed by atoms with Crippen LogP contribution < -0.4 is 19.3 Å². The molecule has 0 unspecified atom stereocenters. The van der Waals surface area contributed by atoms with E-state index in [4.69, 9.17) is 9.47 Å². The molecule has 0 N–H and O–H groups in total. The van der Waals surface area contributed by atoms with Crippen molar-refractivity contribution in [1.82, 2.24) is 0 Å². The molecule has 4 nitrogen and oxygen atoms in total. The summed E-state index contributed by atoms with van der Waals surface area (Å²) in [7, 11) is 0. The molecule has 69 heavy (non-hydrogen) atoms. The van der Waals surface area contributed by atoms with Gasteiger partial charge in [0.15, 0.2) is 23.0 Å². The van der Waals surface area contributed by atoms with Crippen LogP contribution in [0.3, 0.4) is 0 Å². The third kappa shape index (κ3) is 6.29. The summed E-state index contributed by atoms with van der Waals surface area (Å²) in [5.41, 5.74) is 16.3. The van der Waals surface area contributed by atoms with Gasteiger partial charge < -0.3 is 19.3 Å². The monoisotopic (exact) mass is 884 g/mol. The molecule has 14 rings (SSSR count). The molecule has 11 aromatic rings. The first-order valence-electron chi connectivity index (χ1n) is 23.7. The third-order valence-electron chi connectivity index (χ3n) is 14.5. The summed E-state index contributed by atoms with van der Waals surface area (Å²) in [5, 5.41) is 7.36. The lowest BCUT2D eigenvalue weighted by molar-refractivity contribution is 0.476. The van der Waals surface area contributed by atoms with Crippen LogP contribution in [0.1, 0.15) is 36.1 Å². The largest absolute Gasteiger partial charge is 0.453 e. The standard InChI is InChI=1S/C65H44N2O2/c1-65(2)55-36-42(22-31-53(55)54-34-30-50(40-56(54)65)67-59-13-5-9-17-63(59)69-64-18-10-6-14-60(64)67)20-19-41-21-23-44-37-45(25-24-43(44)35-41)46-28-32-51-47(38-46)26-27-48-39-49(29-33-52(48)51)66-57-11-3-7-15-61(57)68-62-16-8-4-12-58(62)66/h3-40H,1-2H3/b20-19+. The topological polar surface area (TPSA) is 24.9 Å². The van der Waals surface area contributed by atoms with Crippen molar-refractivity contribution >= 4 is 78.6 Å². The lowest BCUT2D eigenvalue weighted by Crippen LogP contribution is -2.18. The highest BCUT2D eigenvalue weighted by molar-refractivity contribution is 6.10. The van der Waals surface area contributed by atoms with Crippen LogP contribution in [-0.2, 0) is 5.41 Å². The van der Waals surface area contributed by atoms with Gasteiger partial charge in [-0.3, -0.25) is 0 Å². The highest BCUT2D eigenvalue weighted by Crippen LogP contribution is 2.55. The van der Waals surface area contributed by atoms with Crippen LogP contribution in [0.25, 0.3) is 66.7 Å². The molecule has 11 aromatic carbocycles. The van der Waals surface area contributed by atoms with E-state index >= 15 is 0 Å². The molecule has 3 aliphatic rings. The van der Waals surface area contributed by atoms with Gasteiger partial charge in [0.05, 0.1) is 22.7 Å². The van der Waals surface area contributed by atoms with Gasteiger partial charge in [-0.2, -0.15) is 0 Å². The summed E-state index contributed by atoms with van der Waals surface area (Å²) < 4.78 is 12.6. The number of benzene rings is 11. The highest BCUT2D eigenvalue weighted by atomic mass is 16.5. The SMILES string of the molecule is CC1(C)c2cc(/C=C/c3ccc4cc(-c5ccc6c(ccc7cc(N8c9ccccc9Oc9ccccc98)ccc76)c5)ccc4c3)ccc2-c2ccc(N3c4ccccc4Oc4ccccc43)cc21. The number of rotatable bonds is 5. The van der Waals surface area contributed by atoms with Crippen LogP contribution in [0.4, 0.5) is 34.1 Å². The molecule has 1 aliphatic carbocycles. The second kappa shape index (κ2) is 15.1. The number of fused-ring (bicyclic) bond motifs is 11. The van der Waals surface area contributed by atoms with Crippen molar-refractivity contribution in [2.24, 2.45) is 0 Å². The zero-order valence-corrected chi connectivity index (χ0v) is 38.2. The Morgan fingerprint density at radius 1 is 0.348 bits per heavy atom. The summed E-state index contributed by atoms with van der Waals surface area (Å²) in [4.78, 5) is 4.63. The van der Waals surface area contributed by atoms with E-state index in [0.29, 0.717) is 0 Å². The molecule has 0 saturated carbocycles. The van der Waals surface area contributed by atoms with E-state index in [1.807, 2.05) is 48.5 Å². The minimum absolute atomic E-state index is 0.176. The lowest BCUT2D eigenvalue weighted by atomic mass is 9.81. The van der Waals surface area contributed by atoms with E-state index in [1.165, 1.54) is 76.8 Å². The van der Waals surface area contributed by atoms with E-state index in [9.17, 15) is 0 Å². The van der Waals surface area contributed by atoms with E-state index in [0.717, 1.165) is 57.1 Å². The Bertz CT molecular complexity index is 3880. The molecule has 0 spiro atoms. The van der Waals surface area contributed by atoms with Gasteiger partial charge in [0, 0.05) is 16.8 Å². The van der Waals surface area contributed by atoms with Gasteiger partial charge in [0.2, 0.25) is 0 Å². The van der Waals surface area contributed by atoms with Gasteiger partial charge >= 0.3 is 0 Å². The molecule has 0 amide bonds. The first-order valence-corrected chi connectivity index (χ1v) is 23.7. The Morgan fingerprint density at radius 2 is 0.754 bits per heavy atom. The lowest BCUT2D eigenvalue weighted by Gasteiger charge is -2.33. The smallest absolute Gasteiger partial charge is 0.151 e. The van der Waals surface area contributed by atoms with Crippen molar-refractivity contribution in [2.75, 3.05) is 9.80 Å². The van der Waals surface area contributed by atoms with Gasteiger partial charge in [0.25, 0.3) is 0 Å². The molecule has 2 heterocycles. The summed E-state index contributed by atoms with van der Waals surface area (Å²) >= 11 is 0. The molecule has 0 fully saturated rings. The number of nitrogens with zero attached hydrogens (tertiary/aromatic N) is 2. The molecular formula is C65H44N2O2. The van der Waals surface area contributed by atoms with Crippen molar-refractivity contribution in [3.05, 3.63) is 241 Å². The third-order valence-corrected chi connectivity index (χ3v) is 14.5. The fourth-order valence-corrected chi connectivity index (χ4v) is 11.1. The molecule has 326 valence electrons. The van der Waals surface area contributed by atoms with Crippen LogP contribution in [0, 0.1) is 0 Å². The van der Waals surface area contributed by atoms with Crippen LogP contribution in [0.15, 0.2) is 218 Å². The highest BCUT2D eigenvalue weighted by Gasteiger charge is 2.37. The maximum absolute atomic E-state index is 6.32. The fourth-order valence-electron chi connectivity index (χ4n) is 11.1. The van der Waals surface area contributed by atoms with Gasteiger partial charge in [0.1, 0.15) is 0 Å². The molecule has 0 bridgehead atoms. The van der Waals surface area contributed by atoms with Crippen LogP contribution in [0.5, 0.6) is 23.0 Å². The van der Waals surface area contributed by atoms with Crippen molar-refractivity contribution < 1.29 is 9.47 Å². The van der Waals surface area contributed by atoms with Gasteiger partial charge in [-0.1, -0.05) is 153 Å². The van der Waals surface area contributed by atoms with Gasteiger partial charge in [-0.15, -0.1) is 0 Å². The number of para-hydroxylation sites is 8. The van der Waals surface area contributed by atoms with Crippen molar-refractivity contribution in [1.29, 1.82) is 0 Å². The summed E-state index contributed by atoms with van der Waals surface area (Å²) in [6.07, 6.45) is 4.49. The molecule has 2 aliphatic heterocycles. The Morgan fingerprint density at radius 3 is 1.36 bits per heavy atom. The van der Waals surface area contributed by atoms with Crippen LogP contribution >= 0.6 is 0 Å². The van der Waals surface area contributed by atoms with E-state index < -0.39 is 0 Å². The van der Waals surface area contributed by atoms with Crippen LogP contribution in [0.2, 0.25) is 0 Å². The Balaban J connectivity index is 0.717. The Hall–Kier alpha value is -8.86. The second-order valence-electron chi connectivity index (χ2n) is 19.0. The first kappa shape index (κ1) is 39.3. The first-order chi connectivity index (χ1) is 33.9. The van der Waals surface area contributed by atoms with E-state index in [-0.39, 0.29) is 5.41 Å². The molecule has 0 radical (unpaired) electrons. The van der Waals surface area contributed by atoms with Crippen LogP contribution in [-0.4, -0.2) is 0 Å². The van der Waals surface area contributed by atoms with E-state index in [2.05, 4.69) is 206 Å². The number of hydrogen-bond acceptors (Lipinski definition) is 4. The summed E-state index contributed by atoms with van der Waals surface area (Å²) in [6.45, 7) is 4.71. The summed E-state index contributed by atoms with van der Waals surface area (Å²) in [6, 6.07) is 78.7. The molecule has 0 atom stereocenters. The van der Waals surface area contributed by atoms with Gasteiger partial charge in [-0.25, -0.2) is 0 Å². The summed E-state index contributed by atoms with van der Waals surface area (Å²) in [5.74, 6) is 3.44. The maximum Gasteiger partial charge on any atom is 0.151 e. The Labute approximate surface area is 401 Å². The Kier molecular flexibility index (Phi) is 8.59.